The number of nitrogens with one attached hydrogen (secondary N) is 1. The number of hydrogen-bond donors (Lipinski definition) is 2. The van der Waals surface area contributed by atoms with Gasteiger partial charge in [0.1, 0.15) is 0 Å². The highest BCUT2D eigenvalue weighted by Gasteiger charge is 2.29. The Hall–Kier alpha value is -0.330. The van der Waals surface area contributed by atoms with Gasteiger partial charge in [-0.05, 0) is 51.6 Å². The van der Waals surface area contributed by atoms with E-state index in [9.17, 15) is 18.3 Å². The molecule has 1 saturated carbocycles. The summed E-state index contributed by atoms with van der Waals surface area (Å²) in [6.07, 6.45) is 0.712. The van der Waals surface area contributed by atoms with Gasteiger partial charge >= 0.3 is 6.18 Å². The van der Waals surface area contributed by atoms with E-state index in [1.165, 1.54) is 0 Å². The van der Waals surface area contributed by atoms with E-state index < -0.39 is 12.6 Å². The Morgan fingerprint density at radius 2 is 1.50 bits per heavy atom. The van der Waals surface area contributed by atoms with Gasteiger partial charge in [-0.2, -0.15) is 13.2 Å². The van der Waals surface area contributed by atoms with Crippen LogP contribution in [0.2, 0.25) is 0 Å². The minimum Gasteiger partial charge on any atom is -0.393 e. The van der Waals surface area contributed by atoms with Crippen molar-refractivity contribution in [3.63, 3.8) is 0 Å². The number of alkyl halides is 3. The molecule has 0 aromatic carbocycles. The average molecular weight is 294 g/mol. The van der Waals surface area contributed by atoms with Crippen molar-refractivity contribution in [1.29, 1.82) is 0 Å². The maximum absolute atomic E-state index is 12.2. The summed E-state index contributed by atoms with van der Waals surface area (Å²) in [7, 11) is 0. The molecular formula is C14H25F3N2O. The summed E-state index contributed by atoms with van der Waals surface area (Å²) in [5.41, 5.74) is 0. The van der Waals surface area contributed by atoms with Crippen LogP contribution in [-0.2, 0) is 0 Å². The van der Waals surface area contributed by atoms with Crippen LogP contribution in [-0.4, -0.2) is 54.0 Å². The van der Waals surface area contributed by atoms with Gasteiger partial charge in [-0.1, -0.05) is 0 Å². The summed E-state index contributed by atoms with van der Waals surface area (Å²) in [6, 6.07) is 0.905. The molecule has 0 unspecified atom stereocenters. The van der Waals surface area contributed by atoms with E-state index in [1.54, 1.807) is 0 Å². The Bertz CT molecular complexity index is 283. The molecule has 0 aromatic heterocycles. The van der Waals surface area contributed by atoms with E-state index in [2.05, 4.69) is 5.32 Å². The van der Waals surface area contributed by atoms with E-state index in [0.717, 1.165) is 51.6 Å². The van der Waals surface area contributed by atoms with Crippen molar-refractivity contribution in [2.75, 3.05) is 19.6 Å². The minimum atomic E-state index is -4.04. The molecule has 1 aliphatic carbocycles. The molecule has 0 spiro atoms. The molecule has 2 aliphatic rings. The highest BCUT2D eigenvalue weighted by atomic mass is 19.4. The highest BCUT2D eigenvalue weighted by Crippen LogP contribution is 2.23. The van der Waals surface area contributed by atoms with E-state index >= 15 is 0 Å². The first-order valence-corrected chi connectivity index (χ1v) is 7.65. The SMILES string of the molecule is OC1CCC(NC2CCN(CCC(F)(F)F)CC2)CC1. The standard InChI is InChI=1S/C14H25F3N2O/c15-14(16,17)7-10-19-8-5-12(6-9-19)18-11-1-3-13(20)4-2-11/h11-13,18,20H,1-10H2. The van der Waals surface area contributed by atoms with Gasteiger partial charge in [-0.25, -0.2) is 0 Å². The third-order valence-corrected chi connectivity index (χ3v) is 4.47. The molecule has 6 heteroatoms. The van der Waals surface area contributed by atoms with Gasteiger partial charge in [0.15, 0.2) is 0 Å². The van der Waals surface area contributed by atoms with Crippen molar-refractivity contribution in [3.8, 4) is 0 Å². The third kappa shape index (κ3) is 5.58. The second-order valence-electron chi connectivity index (χ2n) is 6.15. The summed E-state index contributed by atoms with van der Waals surface area (Å²) in [4.78, 5) is 1.91. The summed E-state index contributed by atoms with van der Waals surface area (Å²) in [6.45, 7) is 1.64. The summed E-state index contributed by atoms with van der Waals surface area (Å²) in [5.74, 6) is 0. The minimum absolute atomic E-state index is 0.131. The van der Waals surface area contributed by atoms with Gasteiger partial charge in [0, 0.05) is 18.6 Å². The molecule has 0 radical (unpaired) electrons. The van der Waals surface area contributed by atoms with Crippen molar-refractivity contribution < 1.29 is 18.3 Å². The van der Waals surface area contributed by atoms with E-state index in [0.29, 0.717) is 12.1 Å². The van der Waals surface area contributed by atoms with Gasteiger partial charge in [0.2, 0.25) is 0 Å². The molecular weight excluding hydrogens is 269 g/mol. The van der Waals surface area contributed by atoms with Crippen LogP contribution in [0.4, 0.5) is 13.2 Å². The van der Waals surface area contributed by atoms with Gasteiger partial charge in [-0.15, -0.1) is 0 Å². The molecule has 20 heavy (non-hydrogen) atoms. The fourth-order valence-corrected chi connectivity index (χ4v) is 3.18. The van der Waals surface area contributed by atoms with Gasteiger partial charge in [-0.3, -0.25) is 0 Å². The molecule has 118 valence electrons. The fourth-order valence-electron chi connectivity index (χ4n) is 3.18. The Morgan fingerprint density at radius 3 is 2.05 bits per heavy atom. The molecule has 1 aliphatic heterocycles. The van der Waals surface area contributed by atoms with Crippen LogP contribution < -0.4 is 5.32 Å². The number of piperidine rings is 1. The second kappa shape index (κ2) is 7.09. The zero-order chi connectivity index (χ0) is 14.6. The molecule has 2 fully saturated rings. The van der Waals surface area contributed by atoms with Crippen LogP contribution in [0.1, 0.15) is 44.9 Å². The molecule has 2 N–H and O–H groups in total. The zero-order valence-electron chi connectivity index (χ0n) is 11.8. The molecule has 3 nitrogen and oxygen atoms in total. The van der Waals surface area contributed by atoms with E-state index in [1.807, 2.05) is 4.90 Å². The quantitative estimate of drug-likeness (QED) is 0.835. The first-order valence-electron chi connectivity index (χ1n) is 7.65. The molecule has 1 heterocycles. The normalized spacial score (nSPS) is 30.6. The van der Waals surface area contributed by atoms with Gasteiger partial charge < -0.3 is 15.3 Å². The van der Waals surface area contributed by atoms with Gasteiger partial charge in [0.25, 0.3) is 0 Å². The number of aliphatic hydroxyl groups is 1. The first kappa shape index (κ1) is 16.0. The Kier molecular flexibility index (Phi) is 5.69. The number of hydrogen-bond acceptors (Lipinski definition) is 3. The van der Waals surface area contributed by atoms with Gasteiger partial charge in [0.05, 0.1) is 12.5 Å². The maximum Gasteiger partial charge on any atom is 0.390 e. The summed E-state index contributed by atoms with van der Waals surface area (Å²) >= 11 is 0. The number of halogens is 3. The molecule has 0 bridgehead atoms. The van der Waals surface area contributed by atoms with E-state index in [-0.39, 0.29) is 12.6 Å². The lowest BCUT2D eigenvalue weighted by Gasteiger charge is -2.36. The molecule has 2 rings (SSSR count). The van der Waals surface area contributed by atoms with Crippen LogP contribution >= 0.6 is 0 Å². The van der Waals surface area contributed by atoms with Crippen LogP contribution in [0.15, 0.2) is 0 Å². The Morgan fingerprint density at radius 1 is 0.950 bits per heavy atom. The topological polar surface area (TPSA) is 35.5 Å². The Balaban J connectivity index is 1.62. The molecule has 0 atom stereocenters. The van der Waals surface area contributed by atoms with Crippen LogP contribution in [0, 0.1) is 0 Å². The van der Waals surface area contributed by atoms with Crippen LogP contribution in [0.25, 0.3) is 0 Å². The van der Waals surface area contributed by atoms with Crippen molar-refractivity contribution in [1.82, 2.24) is 10.2 Å². The summed E-state index contributed by atoms with van der Waals surface area (Å²) in [5, 5.41) is 13.1. The third-order valence-electron chi connectivity index (χ3n) is 4.47. The van der Waals surface area contributed by atoms with Crippen molar-refractivity contribution in [2.45, 2.75) is 69.3 Å². The highest BCUT2D eigenvalue weighted by molar-refractivity contribution is 4.83. The lowest BCUT2D eigenvalue weighted by atomic mass is 9.91. The predicted molar refractivity (Wildman–Crippen MR) is 71.5 cm³/mol. The Labute approximate surface area is 118 Å². The number of rotatable bonds is 4. The number of likely N-dealkylation sites (tertiary alicyclic amines) is 1. The van der Waals surface area contributed by atoms with Crippen LogP contribution in [0.3, 0.4) is 0 Å². The smallest absolute Gasteiger partial charge is 0.390 e. The molecule has 1 saturated heterocycles. The predicted octanol–water partition coefficient (Wildman–Crippen LogP) is 2.30. The fraction of sp³-hybridized carbons (Fsp3) is 1.00. The molecule has 0 amide bonds. The van der Waals surface area contributed by atoms with Crippen molar-refractivity contribution in [3.05, 3.63) is 0 Å². The molecule has 0 aromatic rings. The zero-order valence-corrected chi connectivity index (χ0v) is 11.8. The monoisotopic (exact) mass is 294 g/mol. The average Bonchev–Trinajstić information content (AvgIpc) is 2.40. The van der Waals surface area contributed by atoms with E-state index in [4.69, 9.17) is 0 Å². The van der Waals surface area contributed by atoms with Crippen LogP contribution in [0.5, 0.6) is 0 Å². The van der Waals surface area contributed by atoms with Crippen molar-refractivity contribution in [2.24, 2.45) is 0 Å². The number of aliphatic hydroxyl groups excluding tert-OH is 1. The van der Waals surface area contributed by atoms with Crippen molar-refractivity contribution >= 4 is 0 Å². The maximum atomic E-state index is 12.2. The lowest BCUT2D eigenvalue weighted by molar-refractivity contribution is -0.138. The largest absolute Gasteiger partial charge is 0.393 e. The summed E-state index contributed by atoms with van der Waals surface area (Å²) < 4.78 is 36.5. The lowest BCUT2D eigenvalue weighted by Crippen LogP contribution is -2.47. The first-order chi connectivity index (χ1) is 9.42. The number of nitrogens with zero attached hydrogens (tertiary/aromatic N) is 1. The second-order valence-corrected chi connectivity index (χ2v) is 6.15.